The van der Waals surface area contributed by atoms with E-state index in [0.29, 0.717) is 12.1 Å². The van der Waals surface area contributed by atoms with Gasteiger partial charge in [0.1, 0.15) is 0 Å². The van der Waals surface area contributed by atoms with Crippen LogP contribution >= 0.6 is 0 Å². The highest BCUT2D eigenvalue weighted by molar-refractivity contribution is 5.69. The maximum atomic E-state index is 5.42. The Balaban J connectivity index is 1.98. The monoisotopic (exact) mass is 248 g/mol. The van der Waals surface area contributed by atoms with E-state index >= 15 is 0 Å². The molecule has 1 N–H and O–H groups in total. The van der Waals surface area contributed by atoms with Gasteiger partial charge in [-0.05, 0) is 37.8 Å². The third kappa shape index (κ3) is 3.16. The molecule has 3 heteroatoms. The molecule has 18 heavy (non-hydrogen) atoms. The van der Waals surface area contributed by atoms with Gasteiger partial charge in [0.15, 0.2) is 0 Å². The van der Waals surface area contributed by atoms with Crippen molar-refractivity contribution in [1.82, 2.24) is 0 Å². The van der Waals surface area contributed by atoms with Gasteiger partial charge in [0.25, 0.3) is 0 Å². The Bertz CT molecular complexity index is 371. The first-order valence-corrected chi connectivity index (χ1v) is 6.76. The maximum Gasteiger partial charge on any atom is 0.0596 e. The predicted molar refractivity (Wildman–Crippen MR) is 77.4 cm³/mol. The molecule has 1 aliphatic rings. The number of nitrogens with one attached hydrogen (secondary N) is 1. The van der Waals surface area contributed by atoms with Crippen molar-refractivity contribution in [3.8, 4) is 0 Å². The summed E-state index contributed by atoms with van der Waals surface area (Å²) in [6.07, 6.45) is 5.18. The van der Waals surface area contributed by atoms with Crippen LogP contribution in [-0.2, 0) is 4.74 Å². The van der Waals surface area contributed by atoms with Crippen molar-refractivity contribution < 1.29 is 4.74 Å². The lowest BCUT2D eigenvalue weighted by molar-refractivity contribution is 0.0682. The van der Waals surface area contributed by atoms with Crippen molar-refractivity contribution in [3.63, 3.8) is 0 Å². The topological polar surface area (TPSA) is 24.5 Å². The highest BCUT2D eigenvalue weighted by Gasteiger charge is 2.21. The van der Waals surface area contributed by atoms with Crippen molar-refractivity contribution in [2.75, 3.05) is 31.4 Å². The minimum atomic E-state index is 0.465. The number of hydrogen-bond acceptors (Lipinski definition) is 3. The summed E-state index contributed by atoms with van der Waals surface area (Å²) in [6, 6.07) is 9.08. The molecule has 1 saturated carbocycles. The zero-order valence-electron chi connectivity index (χ0n) is 11.6. The molecule has 0 saturated heterocycles. The van der Waals surface area contributed by atoms with E-state index in [-0.39, 0.29) is 0 Å². The third-order valence-corrected chi connectivity index (χ3v) is 3.75. The number of benzene rings is 1. The molecule has 0 atom stereocenters. The highest BCUT2D eigenvalue weighted by atomic mass is 16.5. The van der Waals surface area contributed by atoms with Gasteiger partial charge in [0.2, 0.25) is 0 Å². The molecule has 0 unspecified atom stereocenters. The van der Waals surface area contributed by atoms with Gasteiger partial charge < -0.3 is 15.0 Å². The van der Waals surface area contributed by atoms with E-state index in [1.807, 2.05) is 7.11 Å². The molecule has 100 valence electrons. The largest absolute Gasteiger partial charge is 0.381 e. The fourth-order valence-corrected chi connectivity index (χ4v) is 2.65. The van der Waals surface area contributed by atoms with Gasteiger partial charge in [0, 0.05) is 27.2 Å². The fourth-order valence-electron chi connectivity index (χ4n) is 2.65. The molecule has 0 aromatic heterocycles. The molecular formula is C15H24N2O. The lowest BCUT2D eigenvalue weighted by Crippen LogP contribution is -2.29. The summed E-state index contributed by atoms with van der Waals surface area (Å²) in [7, 11) is 5.99. The normalized spacial score (nSPS) is 23.7. The number of ether oxygens (including phenoxy) is 1. The Morgan fingerprint density at radius 1 is 1.11 bits per heavy atom. The molecule has 0 spiro atoms. The van der Waals surface area contributed by atoms with Gasteiger partial charge >= 0.3 is 0 Å². The van der Waals surface area contributed by atoms with E-state index in [1.54, 1.807) is 0 Å². The van der Waals surface area contributed by atoms with Crippen molar-refractivity contribution in [2.24, 2.45) is 0 Å². The van der Waals surface area contributed by atoms with E-state index in [1.165, 1.54) is 24.2 Å². The van der Waals surface area contributed by atoms with Crippen molar-refractivity contribution in [1.29, 1.82) is 0 Å². The summed E-state index contributed by atoms with van der Waals surface area (Å²) in [6.45, 7) is 0. The first-order valence-electron chi connectivity index (χ1n) is 6.76. The SMILES string of the molecule is COC1CCC(Nc2ccccc2N(C)C)CC1. The second kappa shape index (κ2) is 6.10. The average molecular weight is 248 g/mol. The molecule has 1 aliphatic carbocycles. The molecule has 3 nitrogen and oxygen atoms in total. The Labute approximate surface area is 110 Å². The van der Waals surface area contributed by atoms with Crippen LogP contribution in [-0.4, -0.2) is 33.4 Å². The van der Waals surface area contributed by atoms with Crippen molar-refractivity contribution in [2.45, 2.75) is 37.8 Å². The van der Waals surface area contributed by atoms with Crippen LogP contribution in [0.5, 0.6) is 0 Å². The van der Waals surface area contributed by atoms with Crippen LogP contribution in [0.3, 0.4) is 0 Å². The minimum Gasteiger partial charge on any atom is -0.381 e. The van der Waals surface area contributed by atoms with Crippen LogP contribution in [0.15, 0.2) is 24.3 Å². The minimum absolute atomic E-state index is 0.465. The van der Waals surface area contributed by atoms with Crippen molar-refractivity contribution >= 4 is 11.4 Å². The van der Waals surface area contributed by atoms with Crippen LogP contribution in [0.2, 0.25) is 0 Å². The van der Waals surface area contributed by atoms with Crippen LogP contribution in [0.25, 0.3) is 0 Å². The first-order chi connectivity index (χ1) is 8.70. The quantitative estimate of drug-likeness (QED) is 0.886. The van der Waals surface area contributed by atoms with Crippen LogP contribution in [0, 0.1) is 0 Å². The molecule has 0 aliphatic heterocycles. The number of anilines is 2. The Morgan fingerprint density at radius 3 is 2.39 bits per heavy atom. The average Bonchev–Trinajstić information content (AvgIpc) is 2.40. The number of para-hydroxylation sites is 2. The van der Waals surface area contributed by atoms with Gasteiger partial charge in [-0.15, -0.1) is 0 Å². The van der Waals surface area contributed by atoms with Gasteiger partial charge in [-0.2, -0.15) is 0 Å². The number of rotatable bonds is 4. The smallest absolute Gasteiger partial charge is 0.0596 e. The summed E-state index contributed by atoms with van der Waals surface area (Å²) in [4.78, 5) is 2.16. The highest BCUT2D eigenvalue weighted by Crippen LogP contribution is 2.28. The number of nitrogens with zero attached hydrogens (tertiary/aromatic N) is 1. The molecule has 0 heterocycles. The first kappa shape index (κ1) is 13.2. The molecule has 0 bridgehead atoms. The summed E-state index contributed by atoms with van der Waals surface area (Å²) in [5, 5.41) is 3.68. The van der Waals surface area contributed by atoms with E-state index in [4.69, 9.17) is 4.74 Å². The second-order valence-corrected chi connectivity index (χ2v) is 5.27. The van der Waals surface area contributed by atoms with Crippen LogP contribution in [0.4, 0.5) is 11.4 Å². The van der Waals surface area contributed by atoms with E-state index in [9.17, 15) is 0 Å². The molecule has 1 fully saturated rings. The summed E-state index contributed by atoms with van der Waals surface area (Å²) >= 11 is 0. The zero-order chi connectivity index (χ0) is 13.0. The predicted octanol–water partition coefficient (Wildman–Crippen LogP) is 3.12. The zero-order valence-corrected chi connectivity index (χ0v) is 11.6. The molecule has 1 aromatic rings. The number of methoxy groups -OCH3 is 1. The fraction of sp³-hybridized carbons (Fsp3) is 0.600. The molecular weight excluding hydrogens is 224 g/mol. The van der Waals surface area contributed by atoms with Crippen LogP contribution < -0.4 is 10.2 Å². The Morgan fingerprint density at radius 2 is 1.78 bits per heavy atom. The standard InChI is InChI=1S/C15H24N2O/c1-17(2)15-7-5-4-6-14(15)16-12-8-10-13(18-3)11-9-12/h4-7,12-13,16H,8-11H2,1-3H3. The van der Waals surface area contributed by atoms with Gasteiger partial charge in [-0.1, -0.05) is 12.1 Å². The maximum absolute atomic E-state index is 5.42. The Hall–Kier alpha value is -1.22. The van der Waals surface area contributed by atoms with Gasteiger partial charge in [-0.3, -0.25) is 0 Å². The summed E-state index contributed by atoms with van der Waals surface area (Å²) < 4.78 is 5.42. The molecule has 0 radical (unpaired) electrons. The lowest BCUT2D eigenvalue weighted by Gasteiger charge is -2.30. The summed E-state index contributed by atoms with van der Waals surface area (Å²) in [5.41, 5.74) is 2.50. The van der Waals surface area contributed by atoms with Gasteiger partial charge in [0.05, 0.1) is 17.5 Å². The molecule has 1 aromatic carbocycles. The van der Waals surface area contributed by atoms with Crippen molar-refractivity contribution in [3.05, 3.63) is 24.3 Å². The van der Waals surface area contributed by atoms with E-state index in [2.05, 4.69) is 48.6 Å². The second-order valence-electron chi connectivity index (χ2n) is 5.27. The van der Waals surface area contributed by atoms with E-state index < -0.39 is 0 Å². The molecule has 0 amide bonds. The Kier molecular flexibility index (Phi) is 4.48. The summed E-state index contributed by atoms with van der Waals surface area (Å²) in [5.74, 6) is 0. The van der Waals surface area contributed by atoms with Crippen LogP contribution in [0.1, 0.15) is 25.7 Å². The lowest BCUT2D eigenvalue weighted by atomic mass is 9.92. The van der Waals surface area contributed by atoms with E-state index in [0.717, 1.165) is 12.8 Å². The third-order valence-electron chi connectivity index (χ3n) is 3.75. The number of hydrogen-bond donors (Lipinski definition) is 1. The van der Waals surface area contributed by atoms with Gasteiger partial charge in [-0.25, -0.2) is 0 Å². The molecule has 2 rings (SSSR count).